The first-order chi connectivity index (χ1) is 13.7. The van der Waals surface area contributed by atoms with Crippen LogP contribution in [0.15, 0.2) is 72.9 Å². The molecule has 3 aromatic rings. The second-order valence-electron chi connectivity index (χ2n) is 6.08. The highest BCUT2D eigenvalue weighted by atomic mass is 16.5. The van der Waals surface area contributed by atoms with Crippen molar-refractivity contribution in [2.45, 2.75) is 6.42 Å². The molecule has 0 aliphatic rings. The number of methoxy groups -OCH3 is 1. The third-order valence-electron chi connectivity index (χ3n) is 4.04. The quantitative estimate of drug-likeness (QED) is 0.594. The zero-order valence-electron chi connectivity index (χ0n) is 15.7. The smallest absolute Gasteiger partial charge is 0.263 e. The van der Waals surface area contributed by atoms with Crippen molar-refractivity contribution in [3.8, 4) is 11.5 Å². The van der Waals surface area contributed by atoms with Crippen LogP contribution in [0.2, 0.25) is 0 Å². The van der Waals surface area contributed by atoms with Gasteiger partial charge in [0.25, 0.3) is 5.91 Å². The molecule has 3 rings (SSSR count). The van der Waals surface area contributed by atoms with E-state index in [9.17, 15) is 4.79 Å². The lowest BCUT2D eigenvalue weighted by Crippen LogP contribution is -2.21. The molecule has 6 nitrogen and oxygen atoms in total. The molecular weight excluding hydrogens is 354 g/mol. The van der Waals surface area contributed by atoms with Crippen LogP contribution in [-0.4, -0.2) is 31.2 Å². The first-order valence-corrected chi connectivity index (χ1v) is 9.04. The summed E-state index contributed by atoms with van der Waals surface area (Å²) in [7, 11) is 1.56. The molecule has 0 bridgehead atoms. The lowest BCUT2D eigenvalue weighted by atomic mass is 10.1. The van der Waals surface area contributed by atoms with Crippen molar-refractivity contribution in [1.29, 1.82) is 0 Å². The summed E-state index contributed by atoms with van der Waals surface area (Å²) in [6.07, 6.45) is 2.63. The molecule has 0 unspecified atom stereocenters. The van der Waals surface area contributed by atoms with Crippen LogP contribution in [0.3, 0.4) is 0 Å². The number of ether oxygens (including phenoxy) is 2. The van der Waals surface area contributed by atoms with Crippen molar-refractivity contribution in [2.24, 2.45) is 0 Å². The SMILES string of the molecule is COc1ccccc1OCC(=O)Nc1ccc(NCCc2ccccc2)cn1. The van der Waals surface area contributed by atoms with Crippen molar-refractivity contribution in [2.75, 3.05) is 30.9 Å². The third-order valence-corrected chi connectivity index (χ3v) is 4.04. The van der Waals surface area contributed by atoms with Gasteiger partial charge in [0, 0.05) is 6.54 Å². The molecule has 0 atom stereocenters. The number of carbonyl (C=O) groups is 1. The zero-order valence-corrected chi connectivity index (χ0v) is 15.7. The molecule has 0 aliphatic carbocycles. The van der Waals surface area contributed by atoms with E-state index in [1.165, 1.54) is 5.56 Å². The van der Waals surface area contributed by atoms with Crippen LogP contribution in [0.4, 0.5) is 11.5 Å². The summed E-state index contributed by atoms with van der Waals surface area (Å²) in [6, 6.07) is 21.1. The molecule has 28 heavy (non-hydrogen) atoms. The van der Waals surface area contributed by atoms with Gasteiger partial charge in [0.15, 0.2) is 18.1 Å². The van der Waals surface area contributed by atoms with Gasteiger partial charge in [-0.1, -0.05) is 42.5 Å². The Hall–Kier alpha value is -3.54. The summed E-state index contributed by atoms with van der Waals surface area (Å²) in [5.74, 6) is 1.29. The fourth-order valence-corrected chi connectivity index (χ4v) is 2.63. The number of amides is 1. The molecule has 1 heterocycles. The summed E-state index contributed by atoms with van der Waals surface area (Å²) < 4.78 is 10.7. The van der Waals surface area contributed by atoms with Gasteiger partial charge in [-0.25, -0.2) is 4.98 Å². The minimum atomic E-state index is -0.289. The Morgan fingerprint density at radius 1 is 0.964 bits per heavy atom. The van der Waals surface area contributed by atoms with Gasteiger partial charge in [0.1, 0.15) is 5.82 Å². The Morgan fingerprint density at radius 3 is 2.43 bits per heavy atom. The predicted octanol–water partition coefficient (Wildman–Crippen LogP) is 3.76. The highest BCUT2D eigenvalue weighted by Crippen LogP contribution is 2.25. The molecule has 2 aromatic carbocycles. The Kier molecular flexibility index (Phi) is 6.84. The van der Waals surface area contributed by atoms with Crippen molar-refractivity contribution in [3.05, 3.63) is 78.5 Å². The average molecular weight is 377 g/mol. The number of nitrogens with zero attached hydrogens (tertiary/aromatic N) is 1. The number of carbonyl (C=O) groups excluding carboxylic acids is 1. The fourth-order valence-electron chi connectivity index (χ4n) is 2.63. The Bertz CT molecular complexity index is 883. The Balaban J connectivity index is 1.43. The number of hydrogen-bond donors (Lipinski definition) is 2. The van der Waals surface area contributed by atoms with Crippen molar-refractivity contribution < 1.29 is 14.3 Å². The van der Waals surface area contributed by atoms with Crippen LogP contribution in [0.1, 0.15) is 5.56 Å². The van der Waals surface area contributed by atoms with Gasteiger partial charge in [-0.2, -0.15) is 0 Å². The Morgan fingerprint density at radius 2 is 1.71 bits per heavy atom. The summed E-state index contributed by atoms with van der Waals surface area (Å²) in [6.45, 7) is 0.684. The number of rotatable bonds is 9. The molecule has 0 aliphatic heterocycles. The number of hydrogen-bond acceptors (Lipinski definition) is 5. The van der Waals surface area contributed by atoms with Gasteiger partial charge in [0.2, 0.25) is 0 Å². The summed E-state index contributed by atoms with van der Waals surface area (Å²) in [5.41, 5.74) is 2.18. The second kappa shape index (κ2) is 9.97. The van der Waals surface area contributed by atoms with Gasteiger partial charge >= 0.3 is 0 Å². The third kappa shape index (κ3) is 5.74. The molecule has 6 heteroatoms. The van der Waals surface area contributed by atoms with E-state index >= 15 is 0 Å². The molecule has 1 aromatic heterocycles. The van der Waals surface area contributed by atoms with Crippen LogP contribution < -0.4 is 20.1 Å². The molecule has 144 valence electrons. The van der Waals surface area contributed by atoms with E-state index in [4.69, 9.17) is 9.47 Å². The molecule has 0 spiro atoms. The normalized spacial score (nSPS) is 10.2. The van der Waals surface area contributed by atoms with Crippen molar-refractivity contribution >= 4 is 17.4 Å². The van der Waals surface area contributed by atoms with Crippen molar-refractivity contribution in [1.82, 2.24) is 4.98 Å². The van der Waals surface area contributed by atoms with E-state index in [2.05, 4.69) is 27.8 Å². The largest absolute Gasteiger partial charge is 0.493 e. The highest BCUT2D eigenvalue weighted by Gasteiger charge is 2.08. The molecule has 0 radical (unpaired) electrons. The number of anilines is 2. The standard InChI is InChI=1S/C22H23N3O3/c1-27-19-9-5-6-10-20(19)28-16-22(26)25-21-12-11-18(15-24-21)23-14-13-17-7-3-2-4-8-17/h2-12,15,23H,13-14,16H2,1H3,(H,24,25,26). The van der Waals surface area contributed by atoms with E-state index in [0.717, 1.165) is 18.7 Å². The van der Waals surface area contributed by atoms with Gasteiger partial charge in [-0.15, -0.1) is 0 Å². The van der Waals surface area contributed by atoms with E-state index in [1.807, 2.05) is 36.4 Å². The maximum atomic E-state index is 12.1. The summed E-state index contributed by atoms with van der Waals surface area (Å²) in [4.78, 5) is 16.3. The molecule has 0 saturated heterocycles. The summed E-state index contributed by atoms with van der Waals surface area (Å²) >= 11 is 0. The minimum absolute atomic E-state index is 0.126. The monoisotopic (exact) mass is 377 g/mol. The lowest BCUT2D eigenvalue weighted by Gasteiger charge is -2.11. The molecule has 0 fully saturated rings. The van der Waals surface area contributed by atoms with E-state index in [-0.39, 0.29) is 12.5 Å². The zero-order chi connectivity index (χ0) is 19.6. The molecular formula is C22H23N3O3. The molecule has 0 saturated carbocycles. The van der Waals surface area contributed by atoms with E-state index < -0.39 is 0 Å². The number of aromatic nitrogens is 1. The fraction of sp³-hybridized carbons (Fsp3) is 0.182. The second-order valence-corrected chi connectivity index (χ2v) is 6.08. The predicted molar refractivity (Wildman–Crippen MR) is 110 cm³/mol. The number of pyridine rings is 1. The first-order valence-electron chi connectivity index (χ1n) is 9.04. The maximum Gasteiger partial charge on any atom is 0.263 e. The van der Waals surface area contributed by atoms with Crippen molar-refractivity contribution in [3.63, 3.8) is 0 Å². The molecule has 1 amide bonds. The number of nitrogens with one attached hydrogen (secondary N) is 2. The lowest BCUT2D eigenvalue weighted by molar-refractivity contribution is -0.118. The summed E-state index contributed by atoms with van der Waals surface area (Å²) in [5, 5.41) is 6.03. The van der Waals surface area contributed by atoms with Crippen LogP contribution >= 0.6 is 0 Å². The number of benzene rings is 2. The van der Waals surface area contributed by atoms with Crippen LogP contribution in [0.5, 0.6) is 11.5 Å². The Labute approximate surface area is 164 Å². The van der Waals surface area contributed by atoms with Gasteiger partial charge in [0.05, 0.1) is 19.0 Å². The van der Waals surface area contributed by atoms with Gasteiger partial charge in [-0.05, 0) is 36.2 Å². The number of para-hydroxylation sites is 2. The van der Waals surface area contributed by atoms with E-state index in [1.54, 1.807) is 31.5 Å². The minimum Gasteiger partial charge on any atom is -0.493 e. The molecule has 2 N–H and O–H groups in total. The van der Waals surface area contributed by atoms with Gasteiger partial charge < -0.3 is 20.1 Å². The first kappa shape index (κ1) is 19.2. The van der Waals surface area contributed by atoms with Crippen LogP contribution in [0, 0.1) is 0 Å². The van der Waals surface area contributed by atoms with Crippen LogP contribution in [0.25, 0.3) is 0 Å². The van der Waals surface area contributed by atoms with E-state index in [0.29, 0.717) is 17.3 Å². The van der Waals surface area contributed by atoms with Gasteiger partial charge in [-0.3, -0.25) is 4.79 Å². The van der Waals surface area contributed by atoms with Crippen LogP contribution in [-0.2, 0) is 11.2 Å². The average Bonchev–Trinajstić information content (AvgIpc) is 2.74. The topological polar surface area (TPSA) is 72.5 Å². The highest BCUT2D eigenvalue weighted by molar-refractivity contribution is 5.91. The maximum absolute atomic E-state index is 12.1.